The third kappa shape index (κ3) is 3.21. The summed E-state index contributed by atoms with van der Waals surface area (Å²) < 4.78 is 1.56. The molecule has 1 heterocycles. The number of amides is 1. The average Bonchev–Trinajstić information content (AvgIpc) is 2.88. The summed E-state index contributed by atoms with van der Waals surface area (Å²) >= 11 is 0. The first kappa shape index (κ1) is 14.2. The highest BCUT2D eigenvalue weighted by Gasteiger charge is 2.15. The van der Waals surface area contributed by atoms with Gasteiger partial charge in [0.15, 0.2) is 5.69 Å². The lowest BCUT2D eigenvalue weighted by Gasteiger charge is -2.15. The number of benzene rings is 1. The maximum Gasteiger partial charge on any atom is 0.273 e. The molecule has 0 radical (unpaired) electrons. The van der Waals surface area contributed by atoms with E-state index in [9.17, 15) is 4.79 Å². The van der Waals surface area contributed by atoms with Crippen LogP contribution in [0.25, 0.3) is 0 Å². The number of carbonyl (C=O) groups excluding carboxylic acids is 1. The van der Waals surface area contributed by atoms with Crippen LogP contribution < -0.4 is 11.1 Å². The Morgan fingerprint density at radius 1 is 1.45 bits per heavy atom. The van der Waals surface area contributed by atoms with Crippen molar-refractivity contribution in [1.82, 2.24) is 20.3 Å². The van der Waals surface area contributed by atoms with Crippen molar-refractivity contribution in [2.45, 2.75) is 26.4 Å². The summed E-state index contributed by atoms with van der Waals surface area (Å²) in [7, 11) is 0. The molecule has 2 aromatic rings. The summed E-state index contributed by atoms with van der Waals surface area (Å²) in [4.78, 5) is 12.1. The van der Waals surface area contributed by atoms with Crippen molar-refractivity contribution in [1.29, 1.82) is 0 Å². The minimum absolute atomic E-state index is 0.0802. The van der Waals surface area contributed by atoms with Crippen LogP contribution in [0.15, 0.2) is 30.5 Å². The first-order valence-electron chi connectivity index (χ1n) is 6.58. The number of hydrogen-bond donors (Lipinski definition) is 2. The Morgan fingerprint density at radius 2 is 2.20 bits per heavy atom. The fourth-order valence-corrected chi connectivity index (χ4v) is 2.06. The van der Waals surface area contributed by atoms with Crippen LogP contribution in [-0.2, 0) is 6.54 Å². The van der Waals surface area contributed by atoms with Crippen molar-refractivity contribution in [3.63, 3.8) is 0 Å². The summed E-state index contributed by atoms with van der Waals surface area (Å²) in [6, 6.07) is 7.89. The van der Waals surface area contributed by atoms with Crippen LogP contribution in [0.1, 0.15) is 34.6 Å². The lowest BCUT2D eigenvalue weighted by molar-refractivity contribution is 0.0934. The molecular formula is C14H19N5O. The van der Waals surface area contributed by atoms with Gasteiger partial charge < -0.3 is 11.1 Å². The van der Waals surface area contributed by atoms with Crippen LogP contribution in [-0.4, -0.2) is 27.4 Å². The summed E-state index contributed by atoms with van der Waals surface area (Å²) in [5.41, 5.74) is 7.97. The lowest BCUT2D eigenvalue weighted by atomic mass is 10.0. The quantitative estimate of drug-likeness (QED) is 0.852. The van der Waals surface area contributed by atoms with Gasteiger partial charge in [0.2, 0.25) is 0 Å². The van der Waals surface area contributed by atoms with Gasteiger partial charge in [0, 0.05) is 6.54 Å². The Morgan fingerprint density at radius 3 is 2.90 bits per heavy atom. The van der Waals surface area contributed by atoms with E-state index in [0.717, 1.165) is 11.1 Å². The first-order chi connectivity index (χ1) is 9.61. The molecule has 0 saturated carbocycles. The number of nitrogens with one attached hydrogen (secondary N) is 1. The molecule has 2 rings (SSSR count). The second-order valence-corrected chi connectivity index (χ2v) is 4.71. The lowest BCUT2D eigenvalue weighted by Crippen LogP contribution is -2.27. The predicted octanol–water partition coefficient (Wildman–Crippen LogP) is 1.04. The van der Waals surface area contributed by atoms with E-state index in [2.05, 4.69) is 15.6 Å². The van der Waals surface area contributed by atoms with Crippen LogP contribution in [0.3, 0.4) is 0 Å². The van der Waals surface area contributed by atoms with Crippen molar-refractivity contribution >= 4 is 5.91 Å². The number of nitrogens with two attached hydrogens (primary N) is 1. The molecule has 0 spiro atoms. The molecule has 20 heavy (non-hydrogen) atoms. The van der Waals surface area contributed by atoms with Crippen LogP contribution >= 0.6 is 0 Å². The van der Waals surface area contributed by atoms with E-state index in [-0.39, 0.29) is 11.9 Å². The molecule has 1 aromatic carbocycles. The van der Waals surface area contributed by atoms with Gasteiger partial charge in [-0.15, -0.1) is 5.10 Å². The molecular weight excluding hydrogens is 254 g/mol. The standard InChI is InChI=1S/C14H19N5O/c1-10-5-3-4-6-12(10)11(2)16-14(20)13-9-19(8-7-15)18-17-13/h3-6,9,11H,7-8,15H2,1-2H3,(H,16,20). The summed E-state index contributed by atoms with van der Waals surface area (Å²) in [6.45, 7) is 4.98. The minimum atomic E-state index is -0.232. The number of aryl methyl sites for hydroxylation is 1. The van der Waals surface area contributed by atoms with E-state index in [0.29, 0.717) is 18.8 Å². The Labute approximate surface area is 118 Å². The van der Waals surface area contributed by atoms with Crippen LogP contribution in [0.2, 0.25) is 0 Å². The Kier molecular flexibility index (Phi) is 4.47. The van der Waals surface area contributed by atoms with Gasteiger partial charge in [-0.1, -0.05) is 29.5 Å². The highest BCUT2D eigenvalue weighted by molar-refractivity contribution is 5.92. The van der Waals surface area contributed by atoms with Gasteiger partial charge in [0.25, 0.3) is 5.91 Å². The average molecular weight is 273 g/mol. The fourth-order valence-electron chi connectivity index (χ4n) is 2.06. The smallest absolute Gasteiger partial charge is 0.273 e. The first-order valence-corrected chi connectivity index (χ1v) is 6.58. The van der Waals surface area contributed by atoms with E-state index in [1.165, 1.54) is 0 Å². The molecule has 1 atom stereocenters. The fraction of sp³-hybridized carbons (Fsp3) is 0.357. The number of carbonyl (C=O) groups is 1. The van der Waals surface area contributed by atoms with E-state index in [1.54, 1.807) is 10.9 Å². The molecule has 0 bridgehead atoms. The molecule has 0 fully saturated rings. The highest BCUT2D eigenvalue weighted by atomic mass is 16.2. The predicted molar refractivity (Wildman–Crippen MR) is 76.1 cm³/mol. The van der Waals surface area contributed by atoms with Crippen molar-refractivity contribution < 1.29 is 4.79 Å². The third-order valence-corrected chi connectivity index (χ3v) is 3.13. The molecule has 0 aliphatic carbocycles. The maximum atomic E-state index is 12.1. The maximum absolute atomic E-state index is 12.1. The zero-order chi connectivity index (χ0) is 14.5. The third-order valence-electron chi connectivity index (χ3n) is 3.13. The topological polar surface area (TPSA) is 85.8 Å². The van der Waals surface area contributed by atoms with Gasteiger partial charge in [-0.25, -0.2) is 0 Å². The summed E-state index contributed by atoms with van der Waals surface area (Å²) in [6.07, 6.45) is 1.60. The molecule has 6 nitrogen and oxygen atoms in total. The highest BCUT2D eigenvalue weighted by Crippen LogP contribution is 2.16. The number of nitrogens with zero attached hydrogens (tertiary/aromatic N) is 3. The van der Waals surface area contributed by atoms with Crippen LogP contribution in [0, 0.1) is 6.92 Å². The Bertz CT molecular complexity index is 593. The van der Waals surface area contributed by atoms with Gasteiger partial charge in [0.05, 0.1) is 18.8 Å². The largest absolute Gasteiger partial charge is 0.344 e. The van der Waals surface area contributed by atoms with E-state index in [1.807, 2.05) is 38.1 Å². The molecule has 1 amide bonds. The molecule has 0 saturated heterocycles. The van der Waals surface area contributed by atoms with E-state index in [4.69, 9.17) is 5.73 Å². The monoisotopic (exact) mass is 273 g/mol. The molecule has 1 unspecified atom stereocenters. The van der Waals surface area contributed by atoms with Crippen molar-refractivity contribution in [2.24, 2.45) is 5.73 Å². The summed E-state index contributed by atoms with van der Waals surface area (Å²) in [5.74, 6) is -0.232. The molecule has 6 heteroatoms. The van der Waals surface area contributed by atoms with Crippen molar-refractivity contribution in [3.8, 4) is 0 Å². The number of hydrogen-bond acceptors (Lipinski definition) is 4. The van der Waals surface area contributed by atoms with E-state index < -0.39 is 0 Å². The Hall–Kier alpha value is -2.21. The van der Waals surface area contributed by atoms with E-state index >= 15 is 0 Å². The van der Waals surface area contributed by atoms with Crippen LogP contribution in [0.5, 0.6) is 0 Å². The Balaban J connectivity index is 2.05. The zero-order valence-corrected chi connectivity index (χ0v) is 11.7. The van der Waals surface area contributed by atoms with Gasteiger partial charge in [0.1, 0.15) is 0 Å². The second kappa shape index (κ2) is 6.29. The zero-order valence-electron chi connectivity index (χ0n) is 11.7. The molecule has 1 aromatic heterocycles. The van der Waals surface area contributed by atoms with Crippen LogP contribution in [0.4, 0.5) is 0 Å². The second-order valence-electron chi connectivity index (χ2n) is 4.71. The molecule has 106 valence electrons. The van der Waals surface area contributed by atoms with Crippen molar-refractivity contribution in [2.75, 3.05) is 6.54 Å². The normalized spacial score (nSPS) is 12.2. The van der Waals surface area contributed by atoms with Gasteiger partial charge in [-0.05, 0) is 25.0 Å². The van der Waals surface area contributed by atoms with Gasteiger partial charge in [-0.2, -0.15) is 0 Å². The molecule has 0 aliphatic rings. The SMILES string of the molecule is Cc1ccccc1C(C)NC(=O)c1cn(CCN)nn1. The minimum Gasteiger partial charge on any atom is -0.344 e. The van der Waals surface area contributed by atoms with Crippen molar-refractivity contribution in [3.05, 3.63) is 47.3 Å². The molecule has 3 N–H and O–H groups in total. The van der Waals surface area contributed by atoms with Gasteiger partial charge >= 0.3 is 0 Å². The summed E-state index contributed by atoms with van der Waals surface area (Å²) in [5, 5.41) is 10.6. The number of aromatic nitrogens is 3. The number of rotatable bonds is 5. The van der Waals surface area contributed by atoms with Gasteiger partial charge in [-0.3, -0.25) is 9.48 Å². The molecule has 0 aliphatic heterocycles.